The van der Waals surface area contributed by atoms with Crippen molar-refractivity contribution in [1.29, 1.82) is 0 Å². The number of likely N-dealkylation sites (tertiary alicyclic amines) is 1. The Morgan fingerprint density at radius 3 is 2.62 bits per heavy atom. The molecule has 0 radical (unpaired) electrons. The molecule has 1 heterocycles. The van der Waals surface area contributed by atoms with Gasteiger partial charge in [0.1, 0.15) is 0 Å². The van der Waals surface area contributed by atoms with Gasteiger partial charge in [0.15, 0.2) is 0 Å². The lowest BCUT2D eigenvalue weighted by Gasteiger charge is -2.35. The quantitative estimate of drug-likeness (QED) is 0.743. The van der Waals surface area contributed by atoms with Crippen molar-refractivity contribution >= 4 is 29.5 Å². The number of carbonyl (C=O) groups excluding carboxylic acids is 2. The maximum atomic E-state index is 13.0. The lowest BCUT2D eigenvalue weighted by Crippen LogP contribution is -2.45. The van der Waals surface area contributed by atoms with Crippen LogP contribution < -0.4 is 5.32 Å². The summed E-state index contributed by atoms with van der Waals surface area (Å²) in [4.78, 5) is 38.6. The number of aliphatic carboxylic acids is 1. The molecule has 142 valence electrons. The molecular weight excluding hydrogens is 352 g/mol. The number of amides is 2. The molecule has 2 atom stereocenters. The normalized spacial score (nSPS) is 20.1. The standard InChI is InChI=1S/C19H26N2O4S/c1-12(2)20-17(22)11-26-16-7-5-4-6-15(16)18(23)21-9-13(3)8-14(10-21)19(24)25/h4-7,12-14H,8-11H2,1-3H3,(H,20,22)(H,24,25). The first-order valence-corrected chi connectivity index (χ1v) is 9.79. The molecule has 2 amide bonds. The molecule has 6 nitrogen and oxygen atoms in total. The minimum atomic E-state index is -0.859. The van der Waals surface area contributed by atoms with E-state index in [1.807, 2.05) is 32.9 Å². The number of thioether (sulfide) groups is 1. The molecule has 2 N–H and O–H groups in total. The fraction of sp³-hybridized carbons (Fsp3) is 0.526. The fourth-order valence-corrected chi connectivity index (χ4v) is 4.00. The predicted octanol–water partition coefficient (Wildman–Crippen LogP) is 2.49. The van der Waals surface area contributed by atoms with Crippen LogP contribution in [0.15, 0.2) is 29.2 Å². The Labute approximate surface area is 158 Å². The Kier molecular flexibility index (Phi) is 7.08. The molecule has 0 spiro atoms. The zero-order valence-electron chi connectivity index (χ0n) is 15.4. The number of piperidine rings is 1. The van der Waals surface area contributed by atoms with Gasteiger partial charge in [-0.15, -0.1) is 11.8 Å². The van der Waals surface area contributed by atoms with E-state index >= 15 is 0 Å². The van der Waals surface area contributed by atoms with Crippen molar-refractivity contribution < 1.29 is 19.5 Å². The van der Waals surface area contributed by atoms with E-state index in [2.05, 4.69) is 5.32 Å². The summed E-state index contributed by atoms with van der Waals surface area (Å²) in [6.45, 7) is 6.54. The van der Waals surface area contributed by atoms with Crippen LogP contribution in [0.1, 0.15) is 37.6 Å². The molecule has 26 heavy (non-hydrogen) atoms. The molecule has 1 fully saturated rings. The number of rotatable bonds is 6. The first-order valence-electron chi connectivity index (χ1n) is 8.81. The summed E-state index contributed by atoms with van der Waals surface area (Å²) in [6.07, 6.45) is 0.588. The van der Waals surface area contributed by atoms with Gasteiger partial charge >= 0.3 is 5.97 Å². The average Bonchev–Trinajstić information content (AvgIpc) is 2.58. The van der Waals surface area contributed by atoms with Gasteiger partial charge in [0.2, 0.25) is 5.91 Å². The van der Waals surface area contributed by atoms with Crippen molar-refractivity contribution in [1.82, 2.24) is 10.2 Å². The summed E-state index contributed by atoms with van der Waals surface area (Å²) in [5.41, 5.74) is 0.521. The van der Waals surface area contributed by atoms with E-state index in [4.69, 9.17) is 0 Å². The van der Waals surface area contributed by atoms with E-state index in [1.54, 1.807) is 17.0 Å². The highest BCUT2D eigenvalue weighted by Gasteiger charge is 2.32. The highest BCUT2D eigenvalue weighted by atomic mass is 32.2. The first-order chi connectivity index (χ1) is 12.3. The molecule has 2 unspecified atom stereocenters. The molecule has 0 aliphatic carbocycles. The third-order valence-electron chi connectivity index (χ3n) is 4.22. The van der Waals surface area contributed by atoms with Gasteiger partial charge in [-0.1, -0.05) is 19.1 Å². The Morgan fingerprint density at radius 1 is 1.27 bits per heavy atom. The van der Waals surface area contributed by atoms with Crippen LogP contribution in [0.2, 0.25) is 0 Å². The summed E-state index contributed by atoms with van der Waals surface area (Å²) < 4.78 is 0. The second-order valence-electron chi connectivity index (χ2n) is 7.09. The average molecular weight is 378 g/mol. The van der Waals surface area contributed by atoms with E-state index in [-0.39, 0.29) is 36.1 Å². The SMILES string of the molecule is CC1CC(C(=O)O)CN(C(=O)c2ccccc2SCC(=O)NC(C)C)C1. The molecule has 0 aromatic heterocycles. The van der Waals surface area contributed by atoms with E-state index < -0.39 is 11.9 Å². The third kappa shape index (κ3) is 5.49. The number of benzene rings is 1. The zero-order valence-corrected chi connectivity index (χ0v) is 16.2. The molecule has 1 aliphatic heterocycles. The van der Waals surface area contributed by atoms with E-state index in [1.165, 1.54) is 11.8 Å². The molecule has 1 aromatic carbocycles. The van der Waals surface area contributed by atoms with Gasteiger partial charge < -0.3 is 15.3 Å². The van der Waals surface area contributed by atoms with Gasteiger partial charge in [-0.3, -0.25) is 14.4 Å². The highest BCUT2D eigenvalue weighted by molar-refractivity contribution is 8.00. The van der Waals surface area contributed by atoms with Crippen LogP contribution in [0, 0.1) is 11.8 Å². The summed E-state index contributed by atoms with van der Waals surface area (Å²) in [7, 11) is 0. The molecule has 1 aliphatic rings. The second-order valence-corrected chi connectivity index (χ2v) is 8.11. The Hall–Kier alpha value is -2.02. The van der Waals surface area contributed by atoms with Crippen molar-refractivity contribution in [3.63, 3.8) is 0 Å². The summed E-state index contributed by atoms with van der Waals surface area (Å²) >= 11 is 1.32. The zero-order chi connectivity index (χ0) is 19.3. The van der Waals surface area contributed by atoms with E-state index in [9.17, 15) is 19.5 Å². The maximum absolute atomic E-state index is 13.0. The first kappa shape index (κ1) is 20.3. The van der Waals surface area contributed by atoms with Crippen molar-refractivity contribution in [2.75, 3.05) is 18.8 Å². The minimum Gasteiger partial charge on any atom is -0.481 e. The molecule has 0 saturated carbocycles. The predicted molar refractivity (Wildman–Crippen MR) is 101 cm³/mol. The van der Waals surface area contributed by atoms with Gasteiger partial charge in [-0.25, -0.2) is 0 Å². The smallest absolute Gasteiger partial charge is 0.308 e. The molecule has 1 aromatic rings. The largest absolute Gasteiger partial charge is 0.481 e. The Balaban J connectivity index is 2.11. The Bertz CT molecular complexity index is 677. The third-order valence-corrected chi connectivity index (χ3v) is 5.30. The van der Waals surface area contributed by atoms with Crippen molar-refractivity contribution in [3.8, 4) is 0 Å². The Morgan fingerprint density at radius 2 is 1.96 bits per heavy atom. The number of nitrogens with zero attached hydrogens (tertiary/aromatic N) is 1. The monoisotopic (exact) mass is 378 g/mol. The lowest BCUT2D eigenvalue weighted by molar-refractivity contribution is -0.143. The number of carboxylic acids is 1. The van der Waals surface area contributed by atoms with Gasteiger partial charge in [0, 0.05) is 24.0 Å². The van der Waals surface area contributed by atoms with Gasteiger partial charge in [-0.2, -0.15) is 0 Å². The van der Waals surface area contributed by atoms with Crippen molar-refractivity contribution in [3.05, 3.63) is 29.8 Å². The number of nitrogens with one attached hydrogen (secondary N) is 1. The van der Waals surface area contributed by atoms with Crippen LogP contribution in [0.5, 0.6) is 0 Å². The molecule has 1 saturated heterocycles. The molecule has 0 bridgehead atoms. The molecule has 7 heteroatoms. The fourth-order valence-electron chi connectivity index (χ4n) is 3.14. The number of carboxylic acid groups (broad SMARTS) is 1. The summed E-state index contributed by atoms with van der Waals surface area (Å²) in [5, 5.41) is 12.1. The molecule has 2 rings (SSSR count). The number of hydrogen-bond acceptors (Lipinski definition) is 4. The van der Waals surface area contributed by atoms with Gasteiger partial charge in [0.25, 0.3) is 5.91 Å². The van der Waals surface area contributed by atoms with Crippen LogP contribution in [0.25, 0.3) is 0 Å². The van der Waals surface area contributed by atoms with Gasteiger partial charge in [-0.05, 0) is 38.3 Å². The van der Waals surface area contributed by atoms with Crippen LogP contribution >= 0.6 is 11.8 Å². The van der Waals surface area contributed by atoms with E-state index in [0.717, 1.165) is 4.90 Å². The lowest BCUT2D eigenvalue weighted by atomic mass is 9.90. The van der Waals surface area contributed by atoms with Crippen molar-refractivity contribution in [2.45, 2.75) is 38.1 Å². The summed E-state index contributed by atoms with van der Waals surface area (Å²) in [5.74, 6) is -1.26. The van der Waals surface area contributed by atoms with Crippen molar-refractivity contribution in [2.24, 2.45) is 11.8 Å². The minimum absolute atomic E-state index is 0.0720. The second kappa shape index (κ2) is 9.07. The van der Waals surface area contributed by atoms with E-state index in [0.29, 0.717) is 18.5 Å². The number of carbonyl (C=O) groups is 3. The number of hydrogen-bond donors (Lipinski definition) is 2. The van der Waals surface area contributed by atoms with Crippen LogP contribution in [-0.4, -0.2) is 52.7 Å². The maximum Gasteiger partial charge on any atom is 0.308 e. The highest BCUT2D eigenvalue weighted by Crippen LogP contribution is 2.27. The van der Waals surface area contributed by atoms with Crippen LogP contribution in [0.4, 0.5) is 0 Å². The molecular formula is C19H26N2O4S. The van der Waals surface area contributed by atoms with Crippen LogP contribution in [0.3, 0.4) is 0 Å². The topological polar surface area (TPSA) is 86.7 Å². The summed E-state index contributed by atoms with van der Waals surface area (Å²) in [6, 6.07) is 7.25. The van der Waals surface area contributed by atoms with Gasteiger partial charge in [0.05, 0.1) is 17.2 Å². The van der Waals surface area contributed by atoms with Crippen LogP contribution in [-0.2, 0) is 9.59 Å².